The zero-order valence-electron chi connectivity index (χ0n) is 11.3. The van der Waals surface area contributed by atoms with E-state index in [0.717, 1.165) is 18.7 Å². The van der Waals surface area contributed by atoms with Gasteiger partial charge in [-0.25, -0.2) is 0 Å². The molecule has 1 saturated heterocycles. The number of hydrogen-bond acceptors (Lipinski definition) is 4. The molecule has 1 fully saturated rings. The van der Waals surface area contributed by atoms with E-state index in [9.17, 15) is 10.2 Å². The van der Waals surface area contributed by atoms with E-state index in [2.05, 4.69) is 30.8 Å². The van der Waals surface area contributed by atoms with Crippen LogP contribution in [0.1, 0.15) is 24.9 Å². The number of aromatic hydroxyl groups is 2. The van der Waals surface area contributed by atoms with E-state index in [-0.39, 0.29) is 17.5 Å². The van der Waals surface area contributed by atoms with Crippen molar-refractivity contribution in [2.45, 2.75) is 25.4 Å². The van der Waals surface area contributed by atoms with E-state index in [1.54, 1.807) is 12.1 Å². The van der Waals surface area contributed by atoms with Gasteiger partial charge in [0.15, 0.2) is 0 Å². The topological polar surface area (TPSA) is 46.9 Å². The highest BCUT2D eigenvalue weighted by atomic mass is 16.3. The van der Waals surface area contributed by atoms with Crippen molar-refractivity contribution in [1.82, 2.24) is 9.80 Å². The smallest absolute Gasteiger partial charge is 0.119 e. The van der Waals surface area contributed by atoms with Gasteiger partial charge in [-0.05, 0) is 45.1 Å². The minimum atomic E-state index is 0.125. The fourth-order valence-corrected chi connectivity index (χ4v) is 2.61. The van der Waals surface area contributed by atoms with Crippen LogP contribution in [-0.2, 0) is 0 Å². The number of likely N-dealkylation sites (N-methyl/N-ethyl adjacent to an activating group) is 1. The Morgan fingerprint density at radius 2 is 1.83 bits per heavy atom. The van der Waals surface area contributed by atoms with Crippen molar-refractivity contribution in [3.63, 3.8) is 0 Å². The van der Waals surface area contributed by atoms with E-state index < -0.39 is 0 Å². The van der Waals surface area contributed by atoms with Crippen molar-refractivity contribution >= 4 is 0 Å². The Hall–Kier alpha value is -1.26. The highest BCUT2D eigenvalue weighted by Crippen LogP contribution is 2.30. The van der Waals surface area contributed by atoms with Gasteiger partial charge in [-0.2, -0.15) is 0 Å². The van der Waals surface area contributed by atoms with Gasteiger partial charge in [0.1, 0.15) is 11.5 Å². The first kappa shape index (κ1) is 13.2. The monoisotopic (exact) mass is 250 g/mol. The number of rotatable bonds is 3. The number of nitrogens with zero attached hydrogens (tertiary/aromatic N) is 2. The molecular formula is C14H22N2O2. The summed E-state index contributed by atoms with van der Waals surface area (Å²) in [6.07, 6.45) is 1.17. The van der Waals surface area contributed by atoms with Crippen LogP contribution in [0.3, 0.4) is 0 Å². The van der Waals surface area contributed by atoms with Gasteiger partial charge in [0, 0.05) is 31.2 Å². The lowest BCUT2D eigenvalue weighted by atomic mass is 10.1. The Labute approximate surface area is 108 Å². The summed E-state index contributed by atoms with van der Waals surface area (Å²) in [4.78, 5) is 4.64. The molecule has 1 heterocycles. The predicted molar refractivity (Wildman–Crippen MR) is 71.9 cm³/mol. The summed E-state index contributed by atoms with van der Waals surface area (Å²) >= 11 is 0. The number of hydrogen-bond donors (Lipinski definition) is 2. The first-order valence-electron chi connectivity index (χ1n) is 6.41. The molecule has 4 heteroatoms. The molecule has 0 amide bonds. The number of phenolic OH excluding ortho intramolecular Hbond substituents is 2. The van der Waals surface area contributed by atoms with E-state index in [4.69, 9.17) is 0 Å². The summed E-state index contributed by atoms with van der Waals surface area (Å²) in [5.41, 5.74) is 0.965. The number of benzene rings is 1. The molecule has 100 valence electrons. The Kier molecular flexibility index (Phi) is 3.78. The second-order valence-corrected chi connectivity index (χ2v) is 5.36. The molecule has 1 aromatic carbocycles. The summed E-state index contributed by atoms with van der Waals surface area (Å²) in [7, 11) is 4.22. The van der Waals surface area contributed by atoms with Crippen LogP contribution in [0, 0.1) is 0 Å². The van der Waals surface area contributed by atoms with Crippen molar-refractivity contribution in [3.8, 4) is 11.5 Å². The standard InChI is InChI=1S/C14H22N2O2/c1-10(11-6-13(17)8-14(18)7-11)16-5-4-12(9-16)15(2)3/h6-8,10,12,17-18H,4-5,9H2,1-3H3. The van der Waals surface area contributed by atoms with Gasteiger partial charge in [0.25, 0.3) is 0 Å². The zero-order chi connectivity index (χ0) is 13.3. The number of phenols is 2. The highest BCUT2D eigenvalue weighted by molar-refractivity contribution is 5.38. The lowest BCUT2D eigenvalue weighted by Gasteiger charge is -2.26. The number of likely N-dealkylation sites (tertiary alicyclic amines) is 1. The molecule has 0 saturated carbocycles. The van der Waals surface area contributed by atoms with Gasteiger partial charge in [0.2, 0.25) is 0 Å². The molecule has 0 aliphatic carbocycles. The molecule has 0 bridgehead atoms. The molecule has 2 atom stereocenters. The van der Waals surface area contributed by atoms with Crippen LogP contribution in [-0.4, -0.2) is 53.2 Å². The quantitative estimate of drug-likeness (QED) is 0.858. The fourth-order valence-electron chi connectivity index (χ4n) is 2.61. The minimum Gasteiger partial charge on any atom is -0.508 e. The summed E-state index contributed by atoms with van der Waals surface area (Å²) in [5, 5.41) is 19.1. The molecule has 2 unspecified atom stereocenters. The third-order valence-electron chi connectivity index (χ3n) is 3.88. The average molecular weight is 250 g/mol. The third kappa shape index (κ3) is 2.76. The first-order chi connectivity index (χ1) is 8.47. The Morgan fingerprint density at radius 3 is 2.33 bits per heavy atom. The normalized spacial score (nSPS) is 22.6. The molecule has 1 aromatic rings. The largest absolute Gasteiger partial charge is 0.508 e. The summed E-state index contributed by atoms with van der Waals surface area (Å²) in [6, 6.07) is 5.63. The van der Waals surface area contributed by atoms with Gasteiger partial charge >= 0.3 is 0 Å². The second-order valence-electron chi connectivity index (χ2n) is 5.36. The SMILES string of the molecule is CC(c1cc(O)cc(O)c1)N1CCC(N(C)C)C1. The van der Waals surface area contributed by atoms with Crippen LogP contribution in [0.5, 0.6) is 11.5 Å². The summed E-state index contributed by atoms with van der Waals surface area (Å²) in [6.45, 7) is 4.21. The molecule has 2 N–H and O–H groups in total. The van der Waals surface area contributed by atoms with Crippen LogP contribution < -0.4 is 0 Å². The van der Waals surface area contributed by atoms with Gasteiger partial charge < -0.3 is 15.1 Å². The van der Waals surface area contributed by atoms with Crippen molar-refractivity contribution in [1.29, 1.82) is 0 Å². The van der Waals surface area contributed by atoms with E-state index in [1.807, 2.05) is 0 Å². The van der Waals surface area contributed by atoms with Crippen LogP contribution >= 0.6 is 0 Å². The average Bonchev–Trinajstić information content (AvgIpc) is 2.75. The third-order valence-corrected chi connectivity index (χ3v) is 3.88. The molecular weight excluding hydrogens is 228 g/mol. The summed E-state index contributed by atoms with van der Waals surface area (Å²) < 4.78 is 0. The molecule has 18 heavy (non-hydrogen) atoms. The fraction of sp³-hybridized carbons (Fsp3) is 0.571. The van der Waals surface area contributed by atoms with Crippen LogP contribution in [0.15, 0.2) is 18.2 Å². The van der Waals surface area contributed by atoms with Crippen LogP contribution in [0.25, 0.3) is 0 Å². The molecule has 4 nitrogen and oxygen atoms in total. The maximum atomic E-state index is 9.54. The van der Waals surface area contributed by atoms with Gasteiger partial charge in [-0.3, -0.25) is 4.90 Å². The van der Waals surface area contributed by atoms with Crippen molar-refractivity contribution < 1.29 is 10.2 Å². The lowest BCUT2D eigenvalue weighted by molar-refractivity contribution is 0.227. The Balaban J connectivity index is 2.10. The zero-order valence-corrected chi connectivity index (χ0v) is 11.3. The van der Waals surface area contributed by atoms with Crippen molar-refractivity contribution in [2.24, 2.45) is 0 Å². The lowest BCUT2D eigenvalue weighted by Crippen LogP contribution is -2.32. The molecule has 0 radical (unpaired) electrons. The van der Waals surface area contributed by atoms with Crippen molar-refractivity contribution in [3.05, 3.63) is 23.8 Å². The van der Waals surface area contributed by atoms with Crippen LogP contribution in [0.2, 0.25) is 0 Å². The predicted octanol–water partition coefficient (Wildman–Crippen LogP) is 1.79. The maximum absolute atomic E-state index is 9.54. The second kappa shape index (κ2) is 5.16. The molecule has 0 spiro atoms. The van der Waals surface area contributed by atoms with E-state index in [1.165, 1.54) is 12.5 Å². The van der Waals surface area contributed by atoms with Crippen LogP contribution in [0.4, 0.5) is 0 Å². The molecule has 0 aromatic heterocycles. The highest BCUT2D eigenvalue weighted by Gasteiger charge is 2.28. The molecule has 2 rings (SSSR count). The minimum absolute atomic E-state index is 0.125. The molecule has 1 aliphatic rings. The van der Waals surface area contributed by atoms with Gasteiger partial charge in [-0.15, -0.1) is 0 Å². The Bertz CT molecular complexity index is 400. The molecule has 1 aliphatic heterocycles. The summed E-state index contributed by atoms with van der Waals surface area (Å²) in [5.74, 6) is 0.250. The Morgan fingerprint density at radius 1 is 1.22 bits per heavy atom. The van der Waals surface area contributed by atoms with Crippen molar-refractivity contribution in [2.75, 3.05) is 27.2 Å². The van der Waals surface area contributed by atoms with Gasteiger partial charge in [-0.1, -0.05) is 0 Å². The maximum Gasteiger partial charge on any atom is 0.119 e. The van der Waals surface area contributed by atoms with Gasteiger partial charge in [0.05, 0.1) is 0 Å². The van der Waals surface area contributed by atoms with E-state index in [0.29, 0.717) is 6.04 Å². The van der Waals surface area contributed by atoms with E-state index >= 15 is 0 Å². The first-order valence-corrected chi connectivity index (χ1v) is 6.41.